The Morgan fingerprint density at radius 3 is 2.63 bits per heavy atom. The van der Waals surface area contributed by atoms with Crippen LogP contribution in [0.5, 0.6) is 5.75 Å². The van der Waals surface area contributed by atoms with Gasteiger partial charge in [-0.2, -0.15) is 0 Å². The summed E-state index contributed by atoms with van der Waals surface area (Å²) < 4.78 is 10.7. The van der Waals surface area contributed by atoms with E-state index >= 15 is 0 Å². The molecule has 0 aliphatic carbocycles. The number of carbonyl (C=O) groups is 1. The molecule has 7 nitrogen and oxygen atoms in total. The molecule has 7 heteroatoms. The number of guanidine groups is 1. The molecule has 1 fully saturated rings. The second kappa shape index (κ2) is 11.3. The van der Waals surface area contributed by atoms with Gasteiger partial charge in [0.25, 0.3) is 0 Å². The first-order chi connectivity index (χ1) is 13.1. The zero-order chi connectivity index (χ0) is 19.5. The van der Waals surface area contributed by atoms with E-state index in [0.717, 1.165) is 31.4 Å². The lowest BCUT2D eigenvalue weighted by molar-refractivity contribution is 0.0963. The van der Waals surface area contributed by atoms with Crippen LogP contribution in [0, 0.1) is 6.92 Å². The first-order valence-corrected chi connectivity index (χ1v) is 9.76. The minimum Gasteiger partial charge on any atom is -0.494 e. The highest BCUT2D eigenvalue weighted by molar-refractivity contribution is 5.78. The molecule has 0 atom stereocenters. The Hall–Kier alpha value is -2.44. The van der Waals surface area contributed by atoms with Crippen molar-refractivity contribution in [2.75, 3.05) is 32.8 Å². The number of ether oxygens (including phenoxy) is 2. The highest BCUT2D eigenvalue weighted by Gasteiger charge is 2.23. The second-order valence-corrected chi connectivity index (χ2v) is 6.74. The minimum absolute atomic E-state index is 0.231. The summed E-state index contributed by atoms with van der Waals surface area (Å²) in [7, 11) is 0. The van der Waals surface area contributed by atoms with Gasteiger partial charge in [-0.1, -0.05) is 17.7 Å². The molecule has 1 saturated heterocycles. The van der Waals surface area contributed by atoms with Crippen LogP contribution >= 0.6 is 0 Å². The van der Waals surface area contributed by atoms with Crippen molar-refractivity contribution < 1.29 is 14.3 Å². The molecule has 1 heterocycles. The van der Waals surface area contributed by atoms with Gasteiger partial charge in [-0.25, -0.2) is 4.79 Å². The molecule has 0 spiro atoms. The van der Waals surface area contributed by atoms with Crippen molar-refractivity contribution in [1.82, 2.24) is 10.2 Å². The van der Waals surface area contributed by atoms with Crippen LogP contribution in [-0.4, -0.2) is 55.8 Å². The number of aryl methyl sites for hydroxylation is 1. The number of benzene rings is 1. The predicted molar refractivity (Wildman–Crippen MR) is 107 cm³/mol. The van der Waals surface area contributed by atoms with Gasteiger partial charge in [-0.3, -0.25) is 4.99 Å². The molecule has 0 bridgehead atoms. The van der Waals surface area contributed by atoms with Crippen LogP contribution in [0.15, 0.2) is 29.3 Å². The minimum atomic E-state index is -0.231. The van der Waals surface area contributed by atoms with E-state index in [-0.39, 0.29) is 12.1 Å². The van der Waals surface area contributed by atoms with Crippen molar-refractivity contribution in [2.24, 2.45) is 10.7 Å². The standard InChI is InChI=1S/C20H32N4O3/c1-3-26-20(25)24-13-10-17(11-14-24)23-19(21)22-12-4-5-15-27-18-8-6-16(2)7-9-18/h6-9,17H,3-5,10-15H2,1-2H3,(H3,21,22,23). The van der Waals surface area contributed by atoms with Crippen molar-refractivity contribution in [2.45, 2.75) is 45.6 Å². The molecule has 0 aromatic heterocycles. The molecule has 1 aromatic carbocycles. The molecule has 1 amide bonds. The van der Waals surface area contributed by atoms with Gasteiger partial charge >= 0.3 is 6.09 Å². The lowest BCUT2D eigenvalue weighted by Crippen LogP contribution is -2.48. The lowest BCUT2D eigenvalue weighted by Gasteiger charge is -2.31. The monoisotopic (exact) mass is 376 g/mol. The molecule has 27 heavy (non-hydrogen) atoms. The third-order valence-corrected chi connectivity index (χ3v) is 4.50. The number of unbranched alkanes of at least 4 members (excludes halogenated alkanes) is 1. The van der Waals surface area contributed by atoms with E-state index in [1.54, 1.807) is 4.90 Å². The number of piperidine rings is 1. The Labute approximate surface area is 161 Å². The third-order valence-electron chi connectivity index (χ3n) is 4.50. The topological polar surface area (TPSA) is 89.2 Å². The average Bonchev–Trinajstić information content (AvgIpc) is 2.67. The van der Waals surface area contributed by atoms with Gasteiger partial charge < -0.3 is 25.4 Å². The summed E-state index contributed by atoms with van der Waals surface area (Å²) >= 11 is 0. The van der Waals surface area contributed by atoms with Crippen LogP contribution in [0.2, 0.25) is 0 Å². The summed E-state index contributed by atoms with van der Waals surface area (Å²) in [4.78, 5) is 17.8. The van der Waals surface area contributed by atoms with E-state index in [2.05, 4.69) is 17.2 Å². The normalized spacial score (nSPS) is 15.5. The zero-order valence-electron chi connectivity index (χ0n) is 16.4. The van der Waals surface area contributed by atoms with E-state index in [1.807, 2.05) is 31.2 Å². The molecule has 1 aliphatic heterocycles. The number of amides is 1. The number of rotatable bonds is 8. The summed E-state index contributed by atoms with van der Waals surface area (Å²) in [5, 5.41) is 3.25. The Morgan fingerprint density at radius 1 is 1.26 bits per heavy atom. The number of nitrogens with zero attached hydrogens (tertiary/aromatic N) is 2. The van der Waals surface area contributed by atoms with Gasteiger partial charge in [0.15, 0.2) is 5.96 Å². The van der Waals surface area contributed by atoms with Gasteiger partial charge in [0.1, 0.15) is 5.75 Å². The molecule has 0 unspecified atom stereocenters. The van der Waals surface area contributed by atoms with Gasteiger partial charge in [0.05, 0.1) is 13.2 Å². The quantitative estimate of drug-likeness (QED) is 0.414. The van der Waals surface area contributed by atoms with Gasteiger partial charge in [-0.05, 0) is 51.7 Å². The number of nitrogens with one attached hydrogen (secondary N) is 1. The molecule has 0 radical (unpaired) electrons. The predicted octanol–water partition coefficient (Wildman–Crippen LogP) is 2.68. The first-order valence-electron chi connectivity index (χ1n) is 9.76. The average molecular weight is 377 g/mol. The smallest absolute Gasteiger partial charge is 0.409 e. The summed E-state index contributed by atoms with van der Waals surface area (Å²) in [6, 6.07) is 8.32. The molecule has 1 aromatic rings. The number of likely N-dealkylation sites (tertiary alicyclic amines) is 1. The van der Waals surface area contributed by atoms with Crippen molar-refractivity contribution >= 4 is 12.1 Å². The largest absolute Gasteiger partial charge is 0.494 e. The second-order valence-electron chi connectivity index (χ2n) is 6.74. The Balaban J connectivity index is 1.55. The van der Waals surface area contributed by atoms with Crippen LogP contribution in [0.4, 0.5) is 4.79 Å². The molecule has 2 rings (SSSR count). The maximum absolute atomic E-state index is 11.7. The molecular formula is C20H32N4O3. The van der Waals surface area contributed by atoms with Crippen LogP contribution in [-0.2, 0) is 4.74 Å². The van der Waals surface area contributed by atoms with Crippen LogP contribution in [0.3, 0.4) is 0 Å². The fourth-order valence-corrected chi connectivity index (χ4v) is 2.91. The van der Waals surface area contributed by atoms with Crippen molar-refractivity contribution in [1.29, 1.82) is 0 Å². The van der Waals surface area contributed by atoms with Crippen LogP contribution in [0.1, 0.15) is 38.2 Å². The Bertz CT molecular complexity index is 596. The molecular weight excluding hydrogens is 344 g/mol. The van der Waals surface area contributed by atoms with Gasteiger partial charge in [0.2, 0.25) is 0 Å². The fourth-order valence-electron chi connectivity index (χ4n) is 2.91. The summed E-state index contributed by atoms with van der Waals surface area (Å²) in [6.45, 7) is 7.00. The number of nitrogens with two attached hydrogens (primary N) is 1. The van der Waals surface area contributed by atoms with Crippen molar-refractivity contribution in [3.05, 3.63) is 29.8 Å². The van der Waals surface area contributed by atoms with Gasteiger partial charge in [0, 0.05) is 25.7 Å². The van der Waals surface area contributed by atoms with E-state index in [9.17, 15) is 4.79 Å². The van der Waals surface area contributed by atoms with E-state index in [1.165, 1.54) is 5.56 Å². The summed E-state index contributed by atoms with van der Waals surface area (Å²) in [5.41, 5.74) is 7.20. The van der Waals surface area contributed by atoms with Crippen molar-refractivity contribution in [3.63, 3.8) is 0 Å². The molecule has 150 valence electrons. The van der Waals surface area contributed by atoms with Crippen molar-refractivity contribution in [3.8, 4) is 5.75 Å². The summed E-state index contributed by atoms with van der Waals surface area (Å²) in [6.07, 6.45) is 3.32. The lowest BCUT2D eigenvalue weighted by atomic mass is 10.1. The Kier molecular flexibility index (Phi) is 8.74. The zero-order valence-corrected chi connectivity index (χ0v) is 16.4. The Morgan fingerprint density at radius 2 is 1.96 bits per heavy atom. The van der Waals surface area contributed by atoms with E-state index in [4.69, 9.17) is 15.2 Å². The molecule has 3 N–H and O–H groups in total. The fraction of sp³-hybridized carbons (Fsp3) is 0.600. The number of aliphatic imine (C=N–C) groups is 1. The number of carbonyl (C=O) groups excluding carboxylic acids is 1. The molecule has 0 saturated carbocycles. The van der Waals surface area contributed by atoms with E-state index < -0.39 is 0 Å². The number of hydrogen-bond acceptors (Lipinski definition) is 4. The number of hydrogen-bond donors (Lipinski definition) is 2. The highest BCUT2D eigenvalue weighted by Crippen LogP contribution is 2.12. The highest BCUT2D eigenvalue weighted by atomic mass is 16.6. The van der Waals surface area contributed by atoms with Crippen LogP contribution in [0.25, 0.3) is 0 Å². The van der Waals surface area contributed by atoms with Gasteiger partial charge in [-0.15, -0.1) is 0 Å². The SMILES string of the molecule is CCOC(=O)N1CCC(NC(N)=NCCCCOc2ccc(C)cc2)CC1. The third kappa shape index (κ3) is 7.76. The van der Waals surface area contributed by atoms with E-state index in [0.29, 0.717) is 38.8 Å². The maximum Gasteiger partial charge on any atom is 0.409 e. The summed E-state index contributed by atoms with van der Waals surface area (Å²) in [5.74, 6) is 1.38. The molecule has 1 aliphatic rings. The first kappa shape index (κ1) is 20.9. The van der Waals surface area contributed by atoms with Crippen LogP contribution < -0.4 is 15.8 Å². The maximum atomic E-state index is 11.7.